The number of carbonyl (C=O) groups is 1. The van der Waals surface area contributed by atoms with Crippen LogP contribution in [0.5, 0.6) is 0 Å². The topological polar surface area (TPSA) is 49.3 Å². The highest BCUT2D eigenvalue weighted by Crippen LogP contribution is 2.24. The van der Waals surface area contributed by atoms with Crippen LogP contribution in [0.25, 0.3) is 0 Å². The summed E-state index contributed by atoms with van der Waals surface area (Å²) >= 11 is 5.75. The molecule has 19 heavy (non-hydrogen) atoms. The quantitative estimate of drug-likeness (QED) is 0.825. The van der Waals surface area contributed by atoms with Crippen LogP contribution in [0.1, 0.15) is 19.3 Å². The second-order valence-electron chi connectivity index (χ2n) is 5.19. The molecule has 0 N–H and O–H groups in total. The highest BCUT2D eigenvalue weighted by atomic mass is 35.5. The zero-order valence-corrected chi connectivity index (χ0v) is 11.5. The van der Waals surface area contributed by atoms with Gasteiger partial charge in [-0.25, -0.2) is 9.97 Å². The first-order valence-electron chi connectivity index (χ1n) is 6.75. The fourth-order valence-corrected chi connectivity index (χ4v) is 2.74. The molecule has 0 bridgehead atoms. The van der Waals surface area contributed by atoms with Gasteiger partial charge in [-0.3, -0.25) is 4.79 Å². The smallest absolute Gasteiger partial charge is 0.229 e. The molecule has 2 saturated heterocycles. The largest absolute Gasteiger partial charge is 0.342 e. The fourth-order valence-electron chi connectivity index (χ4n) is 2.64. The van der Waals surface area contributed by atoms with Gasteiger partial charge >= 0.3 is 0 Å². The number of halogens is 1. The monoisotopic (exact) mass is 280 g/mol. The molecule has 5 nitrogen and oxygen atoms in total. The normalized spacial score (nSPS) is 20.3. The fraction of sp³-hybridized carbons (Fsp3) is 0.615. The van der Waals surface area contributed by atoms with Gasteiger partial charge in [0.25, 0.3) is 0 Å². The molecule has 2 aliphatic heterocycles. The Balaban J connectivity index is 1.54. The minimum Gasteiger partial charge on any atom is -0.342 e. The van der Waals surface area contributed by atoms with Gasteiger partial charge < -0.3 is 9.80 Å². The second kappa shape index (κ2) is 5.33. The summed E-state index contributed by atoms with van der Waals surface area (Å²) in [6, 6.07) is 0. The van der Waals surface area contributed by atoms with Gasteiger partial charge in [0, 0.05) is 26.2 Å². The Morgan fingerprint density at radius 1 is 1.16 bits per heavy atom. The molecule has 0 atom stereocenters. The maximum atomic E-state index is 12.2. The van der Waals surface area contributed by atoms with Crippen LogP contribution in [0.3, 0.4) is 0 Å². The summed E-state index contributed by atoms with van der Waals surface area (Å²) < 4.78 is 0. The number of likely N-dealkylation sites (tertiary alicyclic amines) is 1. The van der Waals surface area contributed by atoms with Gasteiger partial charge in [-0.2, -0.15) is 0 Å². The summed E-state index contributed by atoms with van der Waals surface area (Å²) in [5.74, 6) is 1.06. The van der Waals surface area contributed by atoms with Gasteiger partial charge in [-0.1, -0.05) is 11.6 Å². The SMILES string of the molecule is O=C(C1CN(c2ncc(Cl)cn2)C1)N1CCCCC1. The van der Waals surface area contributed by atoms with Crippen molar-refractivity contribution >= 4 is 23.5 Å². The predicted octanol–water partition coefficient (Wildman–Crippen LogP) is 1.58. The molecular formula is C13H17ClN4O. The van der Waals surface area contributed by atoms with E-state index in [1.54, 1.807) is 12.4 Å². The third-order valence-electron chi connectivity index (χ3n) is 3.79. The first-order valence-corrected chi connectivity index (χ1v) is 7.13. The van der Waals surface area contributed by atoms with E-state index in [-0.39, 0.29) is 5.92 Å². The van der Waals surface area contributed by atoms with E-state index in [9.17, 15) is 4.79 Å². The number of hydrogen-bond acceptors (Lipinski definition) is 4. The maximum Gasteiger partial charge on any atom is 0.229 e. The first kappa shape index (κ1) is 12.7. The molecule has 0 aliphatic carbocycles. The highest BCUT2D eigenvalue weighted by molar-refractivity contribution is 6.30. The number of hydrogen-bond donors (Lipinski definition) is 0. The summed E-state index contributed by atoms with van der Waals surface area (Å²) in [5.41, 5.74) is 0. The van der Waals surface area contributed by atoms with Crippen molar-refractivity contribution in [1.82, 2.24) is 14.9 Å². The van der Waals surface area contributed by atoms with Crippen LogP contribution in [0.4, 0.5) is 5.95 Å². The summed E-state index contributed by atoms with van der Waals surface area (Å²) in [4.78, 5) is 24.6. The van der Waals surface area contributed by atoms with E-state index in [0.29, 0.717) is 16.9 Å². The number of anilines is 1. The molecule has 1 aromatic heterocycles. The van der Waals surface area contributed by atoms with Gasteiger partial charge in [0.05, 0.1) is 23.3 Å². The molecule has 2 aliphatic rings. The number of carbonyl (C=O) groups excluding carboxylic acids is 1. The van der Waals surface area contributed by atoms with Crippen LogP contribution in [-0.2, 0) is 4.79 Å². The Hall–Kier alpha value is -1.36. The summed E-state index contributed by atoms with van der Waals surface area (Å²) in [6.07, 6.45) is 6.71. The lowest BCUT2D eigenvalue weighted by Gasteiger charge is -2.41. The lowest BCUT2D eigenvalue weighted by Crippen LogP contribution is -2.55. The minimum atomic E-state index is 0.109. The van der Waals surface area contributed by atoms with Gasteiger partial charge in [0.15, 0.2) is 0 Å². The van der Waals surface area contributed by atoms with E-state index in [1.807, 2.05) is 9.80 Å². The molecule has 0 unspecified atom stereocenters. The van der Waals surface area contributed by atoms with Crippen molar-refractivity contribution in [2.75, 3.05) is 31.1 Å². The summed E-state index contributed by atoms with van der Waals surface area (Å²) in [7, 11) is 0. The lowest BCUT2D eigenvalue weighted by atomic mass is 9.97. The van der Waals surface area contributed by atoms with Gasteiger partial charge in [-0.15, -0.1) is 0 Å². The molecule has 2 fully saturated rings. The van der Waals surface area contributed by atoms with Crippen molar-refractivity contribution in [1.29, 1.82) is 0 Å². The number of amides is 1. The van der Waals surface area contributed by atoms with Crippen LogP contribution in [0.15, 0.2) is 12.4 Å². The van der Waals surface area contributed by atoms with E-state index in [1.165, 1.54) is 6.42 Å². The standard InChI is InChI=1S/C13H17ClN4O/c14-11-6-15-13(16-7-11)18-8-10(9-18)12(19)17-4-2-1-3-5-17/h6-7,10H,1-5,8-9H2. The van der Waals surface area contributed by atoms with Crippen molar-refractivity contribution < 1.29 is 4.79 Å². The van der Waals surface area contributed by atoms with Crippen molar-refractivity contribution in [3.8, 4) is 0 Å². The number of nitrogens with zero attached hydrogens (tertiary/aromatic N) is 4. The zero-order valence-electron chi connectivity index (χ0n) is 10.8. The van der Waals surface area contributed by atoms with Gasteiger partial charge in [0.1, 0.15) is 0 Å². The minimum absolute atomic E-state index is 0.109. The van der Waals surface area contributed by atoms with Gasteiger partial charge in [-0.05, 0) is 19.3 Å². The second-order valence-corrected chi connectivity index (χ2v) is 5.63. The maximum absolute atomic E-state index is 12.2. The third-order valence-corrected chi connectivity index (χ3v) is 3.98. The molecule has 3 rings (SSSR count). The Morgan fingerprint density at radius 2 is 1.79 bits per heavy atom. The Labute approximate surface area is 117 Å². The first-order chi connectivity index (χ1) is 9.24. The molecule has 1 aromatic rings. The summed E-state index contributed by atoms with van der Waals surface area (Å²) in [5, 5.41) is 0.533. The molecule has 6 heteroatoms. The Kier molecular flexibility index (Phi) is 3.55. The molecular weight excluding hydrogens is 264 g/mol. The molecule has 3 heterocycles. The average molecular weight is 281 g/mol. The predicted molar refractivity (Wildman–Crippen MR) is 73.2 cm³/mol. The molecule has 0 aromatic carbocycles. The molecule has 0 spiro atoms. The number of aromatic nitrogens is 2. The molecule has 102 valence electrons. The molecule has 0 saturated carbocycles. The Morgan fingerprint density at radius 3 is 2.42 bits per heavy atom. The van der Waals surface area contributed by atoms with Crippen molar-refractivity contribution in [2.45, 2.75) is 19.3 Å². The van der Waals surface area contributed by atoms with E-state index in [4.69, 9.17) is 11.6 Å². The van der Waals surface area contributed by atoms with Crippen molar-refractivity contribution in [2.24, 2.45) is 5.92 Å². The van der Waals surface area contributed by atoms with E-state index in [2.05, 4.69) is 9.97 Å². The number of piperidine rings is 1. The van der Waals surface area contributed by atoms with Crippen LogP contribution in [0, 0.1) is 5.92 Å². The zero-order chi connectivity index (χ0) is 13.2. The van der Waals surface area contributed by atoms with E-state index < -0.39 is 0 Å². The lowest BCUT2D eigenvalue weighted by molar-refractivity contribution is -0.137. The highest BCUT2D eigenvalue weighted by Gasteiger charge is 2.36. The molecule has 1 amide bonds. The van der Waals surface area contributed by atoms with Crippen LogP contribution >= 0.6 is 11.6 Å². The van der Waals surface area contributed by atoms with E-state index >= 15 is 0 Å². The van der Waals surface area contributed by atoms with Gasteiger partial charge in [0.2, 0.25) is 11.9 Å². The molecule has 0 radical (unpaired) electrons. The summed E-state index contributed by atoms with van der Waals surface area (Å²) in [6.45, 7) is 3.29. The Bertz CT molecular complexity index is 452. The van der Waals surface area contributed by atoms with Crippen LogP contribution in [-0.4, -0.2) is 47.0 Å². The van der Waals surface area contributed by atoms with Crippen molar-refractivity contribution in [3.05, 3.63) is 17.4 Å². The van der Waals surface area contributed by atoms with E-state index in [0.717, 1.165) is 39.0 Å². The van der Waals surface area contributed by atoms with Crippen LogP contribution < -0.4 is 4.90 Å². The third kappa shape index (κ3) is 2.66. The van der Waals surface area contributed by atoms with Crippen LogP contribution in [0.2, 0.25) is 5.02 Å². The number of rotatable bonds is 2. The van der Waals surface area contributed by atoms with Crippen molar-refractivity contribution in [3.63, 3.8) is 0 Å². The average Bonchev–Trinajstić information content (AvgIpc) is 2.40.